The minimum Gasteiger partial charge on any atom is -0.383 e. The molecule has 2 heterocycles. The molecule has 1 N–H and O–H groups in total. The molecule has 0 aliphatic carbocycles. The monoisotopic (exact) mass is 299 g/mol. The predicted octanol–water partition coefficient (Wildman–Crippen LogP) is -0.929. The van der Waals surface area contributed by atoms with E-state index in [0.717, 1.165) is 26.1 Å². The molecule has 2 rings (SSSR count). The summed E-state index contributed by atoms with van der Waals surface area (Å²) in [6.07, 6.45) is 1.04. The van der Waals surface area contributed by atoms with Crippen LogP contribution in [0.15, 0.2) is 0 Å². The van der Waals surface area contributed by atoms with E-state index in [4.69, 9.17) is 9.47 Å². The molecule has 2 atom stereocenters. The predicted molar refractivity (Wildman–Crippen MR) is 76.9 cm³/mol. The van der Waals surface area contributed by atoms with Crippen LogP contribution in [0.2, 0.25) is 0 Å². The van der Waals surface area contributed by atoms with Crippen LogP contribution in [0.25, 0.3) is 0 Å². The lowest BCUT2D eigenvalue weighted by Crippen LogP contribution is -2.61. The zero-order valence-corrected chi connectivity index (χ0v) is 12.8. The Bertz CT molecular complexity index is 377. The first-order chi connectivity index (χ1) is 10.1. The molecule has 2 fully saturated rings. The van der Waals surface area contributed by atoms with Crippen LogP contribution in [0, 0.1) is 0 Å². The first-order valence-electron chi connectivity index (χ1n) is 7.48. The minimum atomic E-state index is -0.180. The zero-order valence-electron chi connectivity index (χ0n) is 12.8. The van der Waals surface area contributed by atoms with Gasteiger partial charge < -0.3 is 19.7 Å². The number of carbonyl (C=O) groups is 2. The number of morpholine rings is 1. The maximum absolute atomic E-state index is 12.1. The molecule has 0 spiro atoms. The number of amides is 2. The second-order valence-electron chi connectivity index (χ2n) is 5.54. The van der Waals surface area contributed by atoms with Crippen molar-refractivity contribution in [3.05, 3.63) is 0 Å². The summed E-state index contributed by atoms with van der Waals surface area (Å²) in [6.45, 7) is 6.00. The standard InChI is InChI=1S/C14H25N3O4/c1-11(18)15-9-14(19)17-4-3-13-12(10-17)16(5-7-20-2)6-8-21-13/h12-13H,3-10H2,1-2H3,(H,15,18)/t12-,13-/m1/s1. The minimum absolute atomic E-state index is 0.0269. The molecule has 0 radical (unpaired) electrons. The Kier molecular flexibility index (Phi) is 5.96. The Hall–Kier alpha value is -1.18. The van der Waals surface area contributed by atoms with Gasteiger partial charge in [-0.25, -0.2) is 0 Å². The molecule has 2 aliphatic rings. The number of fused-ring (bicyclic) bond motifs is 1. The highest BCUT2D eigenvalue weighted by Gasteiger charge is 2.38. The Labute approximate surface area is 125 Å². The van der Waals surface area contributed by atoms with Crippen LogP contribution < -0.4 is 5.32 Å². The van der Waals surface area contributed by atoms with Crippen molar-refractivity contribution in [2.45, 2.75) is 25.5 Å². The van der Waals surface area contributed by atoms with E-state index in [9.17, 15) is 9.59 Å². The second-order valence-corrected chi connectivity index (χ2v) is 5.54. The molecule has 7 nitrogen and oxygen atoms in total. The van der Waals surface area contributed by atoms with Crippen LogP contribution in [0.3, 0.4) is 0 Å². The quantitative estimate of drug-likeness (QED) is 0.710. The van der Waals surface area contributed by atoms with Gasteiger partial charge in [0.15, 0.2) is 0 Å². The van der Waals surface area contributed by atoms with Gasteiger partial charge in [-0.2, -0.15) is 0 Å². The summed E-state index contributed by atoms with van der Waals surface area (Å²) in [4.78, 5) is 27.2. The van der Waals surface area contributed by atoms with Gasteiger partial charge in [0.1, 0.15) is 0 Å². The van der Waals surface area contributed by atoms with Crippen LogP contribution in [-0.2, 0) is 19.1 Å². The van der Waals surface area contributed by atoms with Gasteiger partial charge >= 0.3 is 0 Å². The van der Waals surface area contributed by atoms with E-state index >= 15 is 0 Å². The van der Waals surface area contributed by atoms with Gasteiger partial charge in [0.25, 0.3) is 0 Å². The third-order valence-electron chi connectivity index (χ3n) is 4.12. The van der Waals surface area contributed by atoms with Crippen LogP contribution in [-0.4, -0.2) is 86.8 Å². The maximum atomic E-state index is 12.1. The van der Waals surface area contributed by atoms with E-state index in [1.54, 1.807) is 7.11 Å². The van der Waals surface area contributed by atoms with Gasteiger partial charge in [-0.3, -0.25) is 14.5 Å². The van der Waals surface area contributed by atoms with Crippen LogP contribution >= 0.6 is 0 Å². The number of nitrogens with zero attached hydrogens (tertiary/aromatic N) is 2. The van der Waals surface area contributed by atoms with Gasteiger partial charge in [0.2, 0.25) is 11.8 Å². The average Bonchev–Trinajstić information content (AvgIpc) is 2.49. The lowest BCUT2D eigenvalue weighted by atomic mass is 9.98. The van der Waals surface area contributed by atoms with Crippen molar-refractivity contribution in [1.29, 1.82) is 0 Å². The molecule has 21 heavy (non-hydrogen) atoms. The number of likely N-dealkylation sites (tertiary alicyclic amines) is 1. The van der Waals surface area contributed by atoms with Crippen molar-refractivity contribution < 1.29 is 19.1 Å². The van der Waals surface area contributed by atoms with Crippen LogP contribution in [0.1, 0.15) is 13.3 Å². The summed E-state index contributed by atoms with van der Waals surface area (Å²) in [5.74, 6) is -0.207. The fourth-order valence-corrected chi connectivity index (χ4v) is 2.97. The summed E-state index contributed by atoms with van der Waals surface area (Å²) in [6, 6.07) is 0.226. The molecule has 0 unspecified atom stereocenters. The largest absolute Gasteiger partial charge is 0.383 e. The molecule has 0 aromatic carbocycles. The molecule has 0 aromatic rings. The number of piperidine rings is 1. The Morgan fingerprint density at radius 3 is 2.90 bits per heavy atom. The third-order valence-corrected chi connectivity index (χ3v) is 4.12. The highest BCUT2D eigenvalue weighted by atomic mass is 16.5. The molecule has 0 aromatic heterocycles. The Morgan fingerprint density at radius 2 is 2.19 bits per heavy atom. The number of hydrogen-bond donors (Lipinski definition) is 1. The highest BCUT2D eigenvalue weighted by Crippen LogP contribution is 2.22. The van der Waals surface area contributed by atoms with E-state index in [0.29, 0.717) is 19.7 Å². The molecule has 0 bridgehead atoms. The molecule has 2 aliphatic heterocycles. The van der Waals surface area contributed by atoms with E-state index in [-0.39, 0.29) is 30.5 Å². The van der Waals surface area contributed by atoms with Crippen molar-refractivity contribution in [2.75, 3.05) is 53.0 Å². The molecular weight excluding hydrogens is 274 g/mol. The highest BCUT2D eigenvalue weighted by molar-refractivity contribution is 5.83. The van der Waals surface area contributed by atoms with Gasteiger partial charge in [-0.15, -0.1) is 0 Å². The van der Waals surface area contributed by atoms with Gasteiger partial charge in [0, 0.05) is 40.2 Å². The fraction of sp³-hybridized carbons (Fsp3) is 0.857. The summed E-state index contributed by atoms with van der Waals surface area (Å²) < 4.78 is 11.0. The summed E-state index contributed by atoms with van der Waals surface area (Å²) in [7, 11) is 1.70. The number of ether oxygens (including phenoxy) is 2. The first kappa shape index (κ1) is 16.2. The third kappa shape index (κ3) is 4.39. The second kappa shape index (κ2) is 7.72. The summed E-state index contributed by atoms with van der Waals surface area (Å²) >= 11 is 0. The molecule has 2 saturated heterocycles. The normalized spacial score (nSPS) is 26.3. The lowest BCUT2D eigenvalue weighted by Gasteiger charge is -2.47. The van der Waals surface area contributed by atoms with Gasteiger partial charge in [-0.1, -0.05) is 0 Å². The van der Waals surface area contributed by atoms with Crippen LogP contribution in [0.5, 0.6) is 0 Å². The first-order valence-corrected chi connectivity index (χ1v) is 7.48. The molecular formula is C14H25N3O4. The average molecular weight is 299 g/mol. The maximum Gasteiger partial charge on any atom is 0.242 e. The Morgan fingerprint density at radius 1 is 1.38 bits per heavy atom. The van der Waals surface area contributed by atoms with Gasteiger partial charge in [-0.05, 0) is 6.42 Å². The zero-order chi connectivity index (χ0) is 15.2. The van der Waals surface area contributed by atoms with Crippen molar-refractivity contribution >= 4 is 11.8 Å². The van der Waals surface area contributed by atoms with E-state index < -0.39 is 0 Å². The molecule has 0 saturated carbocycles. The fourth-order valence-electron chi connectivity index (χ4n) is 2.97. The summed E-state index contributed by atoms with van der Waals surface area (Å²) in [5, 5.41) is 2.57. The molecule has 2 amide bonds. The number of carbonyl (C=O) groups excluding carboxylic acids is 2. The lowest BCUT2D eigenvalue weighted by molar-refractivity contribution is -0.143. The topological polar surface area (TPSA) is 71.1 Å². The number of methoxy groups -OCH3 is 1. The molecule has 120 valence electrons. The van der Waals surface area contributed by atoms with Gasteiger partial charge in [0.05, 0.1) is 31.9 Å². The number of rotatable bonds is 5. The van der Waals surface area contributed by atoms with Crippen LogP contribution in [0.4, 0.5) is 0 Å². The smallest absolute Gasteiger partial charge is 0.242 e. The Balaban J connectivity index is 1.90. The summed E-state index contributed by atoms with van der Waals surface area (Å²) in [5.41, 5.74) is 0. The van der Waals surface area contributed by atoms with E-state index in [1.165, 1.54) is 6.92 Å². The SMILES string of the molecule is COCCN1CCO[C@@H]2CCN(C(=O)CNC(C)=O)C[C@H]21. The number of hydrogen-bond acceptors (Lipinski definition) is 5. The van der Waals surface area contributed by atoms with Crippen molar-refractivity contribution in [1.82, 2.24) is 15.1 Å². The molecule has 7 heteroatoms. The van der Waals surface area contributed by atoms with Crippen molar-refractivity contribution in [3.8, 4) is 0 Å². The van der Waals surface area contributed by atoms with Crippen molar-refractivity contribution in [3.63, 3.8) is 0 Å². The van der Waals surface area contributed by atoms with E-state index in [1.807, 2.05) is 4.90 Å². The van der Waals surface area contributed by atoms with Crippen molar-refractivity contribution in [2.24, 2.45) is 0 Å². The van der Waals surface area contributed by atoms with E-state index in [2.05, 4.69) is 10.2 Å². The number of nitrogens with one attached hydrogen (secondary N) is 1.